The third-order valence-electron chi connectivity index (χ3n) is 3.23. The van der Waals surface area contributed by atoms with E-state index in [1.165, 1.54) is 0 Å². The molecule has 0 fully saturated rings. The summed E-state index contributed by atoms with van der Waals surface area (Å²) in [6.07, 6.45) is 1.80. The Morgan fingerprint density at radius 2 is 2.05 bits per heavy atom. The van der Waals surface area contributed by atoms with Crippen LogP contribution in [0.2, 0.25) is 0 Å². The summed E-state index contributed by atoms with van der Waals surface area (Å²) in [6.45, 7) is 3.77. The zero-order valence-electron chi connectivity index (χ0n) is 12.7. The Hall–Kier alpha value is -2.40. The summed E-state index contributed by atoms with van der Waals surface area (Å²) in [5, 5.41) is 12.7. The van der Waals surface area contributed by atoms with Gasteiger partial charge in [-0.05, 0) is 49.2 Å². The molecule has 1 amide bonds. The van der Waals surface area contributed by atoms with Gasteiger partial charge in [-0.3, -0.25) is 9.78 Å². The normalized spacial score (nSPS) is 13.2. The van der Waals surface area contributed by atoms with Gasteiger partial charge in [-0.25, -0.2) is 0 Å². The van der Waals surface area contributed by atoms with Crippen LogP contribution >= 0.6 is 0 Å². The standard InChI is InChI=1S/C17H20N2O3/c1-12-4-3-5-15(10-12)22-13(2)17(21)19-11-16(20)14-6-8-18-9-7-14/h3-10,13,16,20H,11H2,1-2H3,(H,19,21)/t13-,16+/m0/s1. The molecule has 1 aromatic carbocycles. The molecule has 0 aliphatic heterocycles. The number of aromatic nitrogens is 1. The molecule has 116 valence electrons. The highest BCUT2D eigenvalue weighted by molar-refractivity contribution is 5.80. The number of hydrogen-bond acceptors (Lipinski definition) is 4. The number of aryl methyl sites for hydroxylation is 1. The Bertz CT molecular complexity index is 616. The number of rotatable bonds is 6. The number of pyridine rings is 1. The van der Waals surface area contributed by atoms with E-state index in [-0.39, 0.29) is 12.5 Å². The number of nitrogens with zero attached hydrogens (tertiary/aromatic N) is 1. The number of aliphatic hydroxyl groups is 1. The van der Waals surface area contributed by atoms with Crippen molar-refractivity contribution in [2.75, 3.05) is 6.54 Å². The molecule has 0 spiro atoms. The molecule has 2 rings (SSSR count). The van der Waals surface area contributed by atoms with Crippen LogP contribution < -0.4 is 10.1 Å². The van der Waals surface area contributed by atoms with Gasteiger partial charge in [-0.2, -0.15) is 0 Å². The first-order valence-electron chi connectivity index (χ1n) is 7.15. The fraction of sp³-hybridized carbons (Fsp3) is 0.294. The zero-order chi connectivity index (χ0) is 15.9. The second-order valence-electron chi connectivity index (χ2n) is 5.12. The predicted octanol–water partition coefficient (Wildman–Crippen LogP) is 2.01. The highest BCUT2D eigenvalue weighted by Gasteiger charge is 2.16. The molecule has 0 aliphatic rings. The topological polar surface area (TPSA) is 71.5 Å². The molecule has 0 radical (unpaired) electrons. The molecule has 0 unspecified atom stereocenters. The lowest BCUT2D eigenvalue weighted by Crippen LogP contribution is -2.38. The van der Waals surface area contributed by atoms with E-state index in [0.29, 0.717) is 11.3 Å². The van der Waals surface area contributed by atoms with Gasteiger partial charge in [0.1, 0.15) is 5.75 Å². The third kappa shape index (κ3) is 4.56. The first-order chi connectivity index (χ1) is 10.6. The first-order valence-corrected chi connectivity index (χ1v) is 7.15. The van der Waals surface area contributed by atoms with Crippen molar-refractivity contribution in [3.05, 3.63) is 59.9 Å². The van der Waals surface area contributed by atoms with Gasteiger partial charge in [0.2, 0.25) is 0 Å². The zero-order valence-corrected chi connectivity index (χ0v) is 12.7. The van der Waals surface area contributed by atoms with Crippen molar-refractivity contribution < 1.29 is 14.6 Å². The molecule has 5 heteroatoms. The molecule has 5 nitrogen and oxygen atoms in total. The molecule has 0 saturated carbocycles. The molecule has 22 heavy (non-hydrogen) atoms. The molecule has 2 N–H and O–H groups in total. The van der Waals surface area contributed by atoms with E-state index in [1.54, 1.807) is 31.5 Å². The Kier molecular flexibility index (Phi) is 5.49. The van der Waals surface area contributed by atoms with Gasteiger partial charge < -0.3 is 15.2 Å². The van der Waals surface area contributed by atoms with Crippen LogP contribution in [0.15, 0.2) is 48.8 Å². The van der Waals surface area contributed by atoms with Gasteiger partial charge in [-0.15, -0.1) is 0 Å². The van der Waals surface area contributed by atoms with Crippen LogP contribution in [0.1, 0.15) is 24.2 Å². The maximum absolute atomic E-state index is 12.0. The summed E-state index contributed by atoms with van der Waals surface area (Å²) in [7, 11) is 0. The van der Waals surface area contributed by atoms with E-state index in [0.717, 1.165) is 5.56 Å². The van der Waals surface area contributed by atoms with Gasteiger partial charge in [-0.1, -0.05) is 12.1 Å². The van der Waals surface area contributed by atoms with E-state index in [4.69, 9.17) is 4.74 Å². The molecule has 0 aliphatic carbocycles. The summed E-state index contributed by atoms with van der Waals surface area (Å²) in [4.78, 5) is 15.9. The minimum Gasteiger partial charge on any atom is -0.481 e. The minimum absolute atomic E-state index is 0.129. The number of aliphatic hydroxyl groups excluding tert-OH is 1. The Balaban J connectivity index is 1.84. The van der Waals surface area contributed by atoms with E-state index in [1.807, 2.05) is 31.2 Å². The van der Waals surface area contributed by atoms with Crippen molar-refractivity contribution in [2.24, 2.45) is 0 Å². The van der Waals surface area contributed by atoms with Crippen molar-refractivity contribution in [2.45, 2.75) is 26.1 Å². The largest absolute Gasteiger partial charge is 0.481 e. The van der Waals surface area contributed by atoms with Crippen LogP contribution in [0.3, 0.4) is 0 Å². The van der Waals surface area contributed by atoms with Gasteiger partial charge in [0.25, 0.3) is 5.91 Å². The summed E-state index contributed by atoms with van der Waals surface area (Å²) >= 11 is 0. The van der Waals surface area contributed by atoms with Gasteiger partial charge in [0, 0.05) is 18.9 Å². The van der Waals surface area contributed by atoms with E-state index in [9.17, 15) is 9.90 Å². The van der Waals surface area contributed by atoms with Crippen LogP contribution in [0.4, 0.5) is 0 Å². The van der Waals surface area contributed by atoms with Gasteiger partial charge >= 0.3 is 0 Å². The maximum atomic E-state index is 12.0. The number of nitrogens with one attached hydrogen (secondary N) is 1. The molecule has 0 bridgehead atoms. The molecular formula is C17H20N2O3. The molecule has 1 aromatic heterocycles. The van der Waals surface area contributed by atoms with Crippen molar-refractivity contribution in [1.29, 1.82) is 0 Å². The monoisotopic (exact) mass is 300 g/mol. The van der Waals surface area contributed by atoms with E-state index in [2.05, 4.69) is 10.3 Å². The second kappa shape index (κ2) is 7.56. The lowest BCUT2D eigenvalue weighted by Gasteiger charge is -2.17. The van der Waals surface area contributed by atoms with E-state index >= 15 is 0 Å². The Morgan fingerprint density at radius 3 is 2.73 bits per heavy atom. The summed E-state index contributed by atoms with van der Waals surface area (Å²) in [5.41, 5.74) is 1.78. The smallest absolute Gasteiger partial charge is 0.260 e. The average Bonchev–Trinajstić information content (AvgIpc) is 2.53. The number of amides is 1. The quantitative estimate of drug-likeness (QED) is 0.856. The van der Waals surface area contributed by atoms with Crippen molar-refractivity contribution >= 4 is 5.91 Å². The van der Waals surface area contributed by atoms with E-state index < -0.39 is 12.2 Å². The molecule has 2 atom stereocenters. The molecule has 2 aromatic rings. The Morgan fingerprint density at radius 1 is 1.32 bits per heavy atom. The maximum Gasteiger partial charge on any atom is 0.260 e. The lowest BCUT2D eigenvalue weighted by molar-refractivity contribution is -0.127. The summed E-state index contributed by atoms with van der Waals surface area (Å²) in [5.74, 6) is 0.381. The van der Waals surface area contributed by atoms with Gasteiger partial charge in [0.15, 0.2) is 6.10 Å². The van der Waals surface area contributed by atoms with Crippen molar-refractivity contribution in [1.82, 2.24) is 10.3 Å². The number of hydrogen-bond donors (Lipinski definition) is 2. The van der Waals surface area contributed by atoms with Crippen LogP contribution in [-0.2, 0) is 4.79 Å². The second-order valence-corrected chi connectivity index (χ2v) is 5.12. The number of benzene rings is 1. The van der Waals surface area contributed by atoms with Crippen LogP contribution in [0.5, 0.6) is 5.75 Å². The fourth-order valence-corrected chi connectivity index (χ4v) is 1.99. The third-order valence-corrected chi connectivity index (χ3v) is 3.23. The predicted molar refractivity (Wildman–Crippen MR) is 83.5 cm³/mol. The number of carbonyl (C=O) groups excluding carboxylic acids is 1. The highest BCUT2D eigenvalue weighted by atomic mass is 16.5. The first kappa shape index (κ1) is 16.0. The molecule has 1 heterocycles. The summed E-state index contributed by atoms with van der Waals surface area (Å²) in [6, 6.07) is 10.9. The van der Waals surface area contributed by atoms with Crippen LogP contribution in [0, 0.1) is 6.92 Å². The fourth-order valence-electron chi connectivity index (χ4n) is 1.99. The van der Waals surface area contributed by atoms with Crippen molar-refractivity contribution in [3.63, 3.8) is 0 Å². The SMILES string of the molecule is Cc1cccc(O[C@@H](C)C(=O)NC[C@@H](O)c2ccncc2)c1. The summed E-state index contributed by atoms with van der Waals surface area (Å²) < 4.78 is 5.59. The average molecular weight is 300 g/mol. The van der Waals surface area contributed by atoms with Crippen LogP contribution in [-0.4, -0.2) is 28.6 Å². The lowest BCUT2D eigenvalue weighted by atomic mass is 10.1. The number of ether oxygens (including phenoxy) is 1. The molecular weight excluding hydrogens is 280 g/mol. The van der Waals surface area contributed by atoms with Crippen LogP contribution in [0.25, 0.3) is 0 Å². The van der Waals surface area contributed by atoms with Crippen molar-refractivity contribution in [3.8, 4) is 5.75 Å². The number of carbonyl (C=O) groups is 1. The molecule has 0 saturated heterocycles. The Labute approximate surface area is 130 Å². The minimum atomic E-state index is -0.766. The highest BCUT2D eigenvalue weighted by Crippen LogP contribution is 2.14. The van der Waals surface area contributed by atoms with Gasteiger partial charge in [0.05, 0.1) is 6.10 Å².